The molecule has 0 spiro atoms. The minimum absolute atomic E-state index is 0.208. The topological polar surface area (TPSA) is 74.0 Å². The molecule has 0 unspecified atom stereocenters. The van der Waals surface area contributed by atoms with E-state index in [1.54, 1.807) is 0 Å². The third kappa shape index (κ3) is 4.70. The van der Waals surface area contributed by atoms with Crippen molar-refractivity contribution in [3.63, 3.8) is 0 Å². The summed E-state index contributed by atoms with van der Waals surface area (Å²) in [6, 6.07) is 8.83. The number of nitrogens with one attached hydrogen (secondary N) is 2. The SMILES string of the molecule is CCN(C)c1ccc2cc(-c3n[nH]c4c3CCC(C)(C)C4)[nH]c2c1.COCC=O. The molecule has 156 valence electrons. The van der Waals surface area contributed by atoms with E-state index in [4.69, 9.17) is 0 Å². The number of methoxy groups -OCH3 is 1. The van der Waals surface area contributed by atoms with Gasteiger partial charge in [0.15, 0.2) is 0 Å². The molecule has 0 bridgehead atoms. The van der Waals surface area contributed by atoms with E-state index < -0.39 is 0 Å². The molecule has 2 heterocycles. The minimum Gasteiger partial charge on any atom is -0.377 e. The summed E-state index contributed by atoms with van der Waals surface area (Å²) in [5, 5.41) is 9.16. The standard InChI is InChI=1S/C20H26N4.C3H6O2/c1-5-24(4)14-7-6-13-10-17(21-16(13)11-14)19-15-8-9-20(2,3)12-18(15)22-23-19;1-5-3-2-4/h6-7,10-11,21H,5,8-9,12H2,1-4H3,(H,22,23);2H,3H2,1H3. The van der Waals surface area contributed by atoms with Gasteiger partial charge in [-0.2, -0.15) is 5.10 Å². The number of aldehydes is 1. The van der Waals surface area contributed by atoms with E-state index in [-0.39, 0.29) is 6.61 Å². The lowest BCUT2D eigenvalue weighted by molar-refractivity contribution is -0.110. The highest BCUT2D eigenvalue weighted by molar-refractivity contribution is 5.88. The van der Waals surface area contributed by atoms with E-state index >= 15 is 0 Å². The number of benzene rings is 1. The Morgan fingerprint density at radius 3 is 2.76 bits per heavy atom. The van der Waals surface area contributed by atoms with Crippen molar-refractivity contribution in [3.05, 3.63) is 35.5 Å². The third-order valence-electron chi connectivity index (χ3n) is 5.67. The van der Waals surface area contributed by atoms with E-state index in [1.807, 2.05) is 0 Å². The normalized spacial score (nSPS) is 14.8. The van der Waals surface area contributed by atoms with Gasteiger partial charge in [-0.05, 0) is 49.8 Å². The fourth-order valence-corrected chi connectivity index (χ4v) is 3.80. The van der Waals surface area contributed by atoms with E-state index in [1.165, 1.54) is 41.4 Å². The van der Waals surface area contributed by atoms with Gasteiger partial charge in [0.05, 0.1) is 5.69 Å². The zero-order chi connectivity index (χ0) is 21.0. The minimum atomic E-state index is 0.208. The summed E-state index contributed by atoms with van der Waals surface area (Å²) in [6.07, 6.45) is 4.12. The molecule has 0 saturated carbocycles. The number of aromatic nitrogens is 3. The molecular formula is C23H32N4O2. The Hall–Kier alpha value is -2.60. The average molecular weight is 397 g/mol. The molecule has 6 nitrogen and oxygen atoms in total. The number of hydrogen-bond donors (Lipinski definition) is 2. The molecular weight excluding hydrogens is 364 g/mol. The Labute approximate surface area is 172 Å². The molecule has 4 rings (SSSR count). The van der Waals surface area contributed by atoms with E-state index in [2.05, 4.69) is 76.9 Å². The van der Waals surface area contributed by atoms with Crippen LogP contribution in [0.3, 0.4) is 0 Å². The highest BCUT2D eigenvalue weighted by Crippen LogP contribution is 2.38. The maximum absolute atomic E-state index is 9.28. The predicted molar refractivity (Wildman–Crippen MR) is 119 cm³/mol. The quantitative estimate of drug-likeness (QED) is 0.629. The Bertz CT molecular complexity index is 971. The molecule has 2 N–H and O–H groups in total. The van der Waals surface area contributed by atoms with Gasteiger partial charge in [0.25, 0.3) is 0 Å². The van der Waals surface area contributed by atoms with Crippen molar-refractivity contribution in [1.82, 2.24) is 15.2 Å². The first kappa shape index (κ1) is 21.1. The van der Waals surface area contributed by atoms with Crippen molar-refractivity contribution >= 4 is 22.9 Å². The summed E-state index contributed by atoms with van der Waals surface area (Å²) >= 11 is 0. The molecule has 1 aliphatic rings. The van der Waals surface area contributed by atoms with Crippen LogP contribution >= 0.6 is 0 Å². The van der Waals surface area contributed by atoms with Crippen LogP contribution in [-0.4, -0.2) is 48.8 Å². The van der Waals surface area contributed by atoms with Crippen LogP contribution < -0.4 is 4.90 Å². The van der Waals surface area contributed by atoms with Gasteiger partial charge >= 0.3 is 0 Å². The fraction of sp³-hybridized carbons (Fsp3) is 0.478. The number of aromatic amines is 2. The summed E-state index contributed by atoms with van der Waals surface area (Å²) in [6.45, 7) is 8.06. The molecule has 6 heteroatoms. The van der Waals surface area contributed by atoms with E-state index in [0.29, 0.717) is 11.7 Å². The number of fused-ring (bicyclic) bond motifs is 2. The first-order valence-corrected chi connectivity index (χ1v) is 10.2. The molecule has 29 heavy (non-hydrogen) atoms. The van der Waals surface area contributed by atoms with E-state index in [0.717, 1.165) is 30.8 Å². The van der Waals surface area contributed by atoms with Crippen LogP contribution in [0, 0.1) is 5.41 Å². The van der Waals surface area contributed by atoms with Crippen LogP contribution in [0.4, 0.5) is 5.69 Å². The maximum atomic E-state index is 9.28. The smallest absolute Gasteiger partial charge is 0.145 e. The first-order valence-electron chi connectivity index (χ1n) is 10.2. The van der Waals surface area contributed by atoms with Gasteiger partial charge in [0.2, 0.25) is 0 Å². The molecule has 0 saturated heterocycles. The summed E-state index contributed by atoms with van der Waals surface area (Å²) in [5.74, 6) is 0. The largest absolute Gasteiger partial charge is 0.377 e. The molecule has 0 atom stereocenters. The molecule has 2 aromatic heterocycles. The molecule has 1 aromatic carbocycles. The number of anilines is 1. The van der Waals surface area contributed by atoms with Crippen LogP contribution in [0.15, 0.2) is 24.3 Å². The van der Waals surface area contributed by atoms with Crippen molar-refractivity contribution < 1.29 is 9.53 Å². The van der Waals surface area contributed by atoms with Gasteiger partial charge in [-0.3, -0.25) is 5.10 Å². The lowest BCUT2D eigenvalue weighted by Crippen LogP contribution is -2.21. The number of H-pyrrole nitrogens is 2. The van der Waals surface area contributed by atoms with E-state index in [9.17, 15) is 4.79 Å². The Balaban J connectivity index is 0.000000431. The molecule has 1 aliphatic carbocycles. The van der Waals surface area contributed by atoms with Crippen LogP contribution in [0.25, 0.3) is 22.3 Å². The molecule has 0 radical (unpaired) electrons. The second-order valence-corrected chi connectivity index (χ2v) is 8.46. The van der Waals surface area contributed by atoms with Crippen LogP contribution in [0.5, 0.6) is 0 Å². The Morgan fingerprint density at radius 1 is 1.31 bits per heavy atom. The van der Waals surface area contributed by atoms with Crippen molar-refractivity contribution in [3.8, 4) is 11.4 Å². The van der Waals surface area contributed by atoms with Gasteiger partial charge in [-0.15, -0.1) is 0 Å². The van der Waals surface area contributed by atoms with Crippen LogP contribution in [0.1, 0.15) is 38.4 Å². The summed E-state index contributed by atoms with van der Waals surface area (Å²) in [4.78, 5) is 15.1. The molecule has 0 fully saturated rings. The highest BCUT2D eigenvalue weighted by Gasteiger charge is 2.29. The fourth-order valence-electron chi connectivity index (χ4n) is 3.80. The number of carbonyl (C=O) groups is 1. The van der Waals surface area contributed by atoms with Crippen molar-refractivity contribution in [2.75, 3.05) is 32.2 Å². The first-order chi connectivity index (χ1) is 13.9. The number of nitrogens with zero attached hydrogens (tertiary/aromatic N) is 2. The summed E-state index contributed by atoms with van der Waals surface area (Å²) in [5.41, 5.74) is 7.72. The zero-order valence-electron chi connectivity index (χ0n) is 18.1. The maximum Gasteiger partial charge on any atom is 0.145 e. The second kappa shape index (κ2) is 8.82. The highest BCUT2D eigenvalue weighted by atomic mass is 16.5. The van der Waals surface area contributed by atoms with Gasteiger partial charge in [-0.25, -0.2) is 0 Å². The number of rotatable bonds is 5. The zero-order valence-corrected chi connectivity index (χ0v) is 18.1. The third-order valence-corrected chi connectivity index (χ3v) is 5.67. The van der Waals surface area contributed by atoms with Crippen LogP contribution in [0.2, 0.25) is 0 Å². The Morgan fingerprint density at radius 2 is 2.10 bits per heavy atom. The summed E-state index contributed by atoms with van der Waals surface area (Å²) < 4.78 is 4.32. The lowest BCUT2D eigenvalue weighted by Gasteiger charge is -2.28. The van der Waals surface area contributed by atoms with Gasteiger partial charge < -0.3 is 19.4 Å². The van der Waals surface area contributed by atoms with Crippen LogP contribution in [-0.2, 0) is 22.4 Å². The predicted octanol–water partition coefficient (Wildman–Crippen LogP) is 4.36. The van der Waals surface area contributed by atoms with Gasteiger partial charge in [-0.1, -0.05) is 19.9 Å². The average Bonchev–Trinajstić information content (AvgIpc) is 3.30. The summed E-state index contributed by atoms with van der Waals surface area (Å²) in [7, 11) is 3.60. The molecule has 0 amide bonds. The number of ether oxygens (including phenoxy) is 1. The Kier molecular flexibility index (Phi) is 6.42. The van der Waals surface area contributed by atoms with Crippen molar-refractivity contribution in [2.45, 2.75) is 40.0 Å². The second-order valence-electron chi connectivity index (χ2n) is 8.46. The monoisotopic (exact) mass is 396 g/mol. The van der Waals surface area contributed by atoms with Gasteiger partial charge in [0, 0.05) is 48.5 Å². The van der Waals surface area contributed by atoms with Crippen molar-refractivity contribution in [1.29, 1.82) is 0 Å². The lowest BCUT2D eigenvalue weighted by atomic mass is 9.76. The molecule has 3 aromatic rings. The van der Waals surface area contributed by atoms with Crippen molar-refractivity contribution in [2.24, 2.45) is 5.41 Å². The number of hydrogen-bond acceptors (Lipinski definition) is 4. The molecule has 0 aliphatic heterocycles. The number of carbonyl (C=O) groups excluding carboxylic acids is 1. The van der Waals surface area contributed by atoms with Gasteiger partial charge in [0.1, 0.15) is 18.6 Å².